The van der Waals surface area contributed by atoms with Crippen molar-refractivity contribution < 1.29 is 9.53 Å². The molecule has 0 unspecified atom stereocenters. The maximum absolute atomic E-state index is 11.9. The summed E-state index contributed by atoms with van der Waals surface area (Å²) in [6.45, 7) is 5.86. The number of carbonyl (C=O) groups excluding carboxylic acids is 1. The van der Waals surface area contributed by atoms with E-state index in [1.165, 1.54) is 5.56 Å². The number of nitrogens with one attached hydrogen (secondary N) is 1. The number of hydrogen-bond acceptors (Lipinski definition) is 2. The van der Waals surface area contributed by atoms with Crippen LogP contribution in [0.5, 0.6) is 5.75 Å². The van der Waals surface area contributed by atoms with Crippen molar-refractivity contribution in [3.8, 4) is 5.75 Å². The van der Waals surface area contributed by atoms with Gasteiger partial charge in [-0.3, -0.25) is 4.79 Å². The van der Waals surface area contributed by atoms with Crippen LogP contribution in [0.2, 0.25) is 5.02 Å². The molecule has 110 valence electrons. The second-order valence-electron chi connectivity index (χ2n) is 5.07. The Balaban J connectivity index is 1.97. The van der Waals surface area contributed by atoms with Crippen LogP contribution in [0.15, 0.2) is 36.4 Å². The van der Waals surface area contributed by atoms with Gasteiger partial charge in [-0.15, -0.1) is 0 Å². The van der Waals surface area contributed by atoms with Crippen LogP contribution in [-0.4, -0.2) is 12.5 Å². The Morgan fingerprint density at radius 2 is 1.86 bits per heavy atom. The molecule has 0 aliphatic rings. The van der Waals surface area contributed by atoms with Gasteiger partial charge < -0.3 is 10.1 Å². The smallest absolute Gasteiger partial charge is 0.262 e. The molecule has 0 spiro atoms. The molecule has 21 heavy (non-hydrogen) atoms. The van der Waals surface area contributed by atoms with E-state index in [2.05, 4.69) is 5.32 Å². The number of aryl methyl sites for hydroxylation is 3. The van der Waals surface area contributed by atoms with E-state index >= 15 is 0 Å². The summed E-state index contributed by atoms with van der Waals surface area (Å²) in [5.41, 5.74) is 3.84. The number of ether oxygens (including phenoxy) is 1. The summed E-state index contributed by atoms with van der Waals surface area (Å²) in [6, 6.07) is 11.2. The van der Waals surface area contributed by atoms with Crippen molar-refractivity contribution in [2.75, 3.05) is 11.9 Å². The van der Waals surface area contributed by atoms with Crippen molar-refractivity contribution in [1.29, 1.82) is 0 Å². The highest BCUT2D eigenvalue weighted by molar-refractivity contribution is 6.31. The molecule has 0 radical (unpaired) electrons. The van der Waals surface area contributed by atoms with E-state index < -0.39 is 0 Å². The molecule has 0 atom stereocenters. The maximum Gasteiger partial charge on any atom is 0.262 e. The zero-order valence-electron chi connectivity index (χ0n) is 12.4. The molecule has 0 saturated carbocycles. The molecule has 0 fully saturated rings. The number of carbonyl (C=O) groups is 1. The molecule has 0 heterocycles. The molecule has 0 aliphatic carbocycles. The lowest BCUT2D eigenvalue weighted by molar-refractivity contribution is -0.118. The lowest BCUT2D eigenvalue weighted by atomic mass is 10.1. The van der Waals surface area contributed by atoms with Crippen molar-refractivity contribution in [3.05, 3.63) is 58.1 Å². The largest absolute Gasteiger partial charge is 0.483 e. The molecule has 1 amide bonds. The molecular weight excluding hydrogens is 286 g/mol. The van der Waals surface area contributed by atoms with Crippen LogP contribution >= 0.6 is 11.6 Å². The normalized spacial score (nSPS) is 10.3. The standard InChI is InChI=1S/C17H18ClNO2/c1-11-4-7-16(13(3)8-11)21-10-17(20)19-15-9-14(18)6-5-12(15)2/h4-9H,10H2,1-3H3,(H,19,20). The first-order valence-corrected chi connectivity index (χ1v) is 7.09. The zero-order valence-corrected chi connectivity index (χ0v) is 13.1. The number of halogens is 1. The third-order valence-corrected chi connectivity index (χ3v) is 3.40. The minimum Gasteiger partial charge on any atom is -0.483 e. The van der Waals surface area contributed by atoms with Crippen LogP contribution in [0.4, 0.5) is 5.69 Å². The van der Waals surface area contributed by atoms with E-state index in [4.69, 9.17) is 16.3 Å². The van der Waals surface area contributed by atoms with Gasteiger partial charge in [0.05, 0.1) is 0 Å². The summed E-state index contributed by atoms with van der Waals surface area (Å²) in [5, 5.41) is 3.39. The summed E-state index contributed by atoms with van der Waals surface area (Å²) in [4.78, 5) is 11.9. The average Bonchev–Trinajstić information content (AvgIpc) is 2.42. The molecular formula is C17H18ClNO2. The van der Waals surface area contributed by atoms with E-state index in [-0.39, 0.29) is 12.5 Å². The minimum absolute atomic E-state index is 0.0319. The SMILES string of the molecule is Cc1ccc(OCC(=O)Nc2cc(Cl)ccc2C)c(C)c1. The first kappa shape index (κ1) is 15.4. The predicted octanol–water partition coefficient (Wildman–Crippen LogP) is 4.28. The third kappa shape index (κ3) is 4.23. The first-order chi connectivity index (χ1) is 9.95. The van der Waals surface area contributed by atoms with Crippen molar-refractivity contribution in [2.45, 2.75) is 20.8 Å². The van der Waals surface area contributed by atoms with Crippen LogP contribution in [0.1, 0.15) is 16.7 Å². The second-order valence-corrected chi connectivity index (χ2v) is 5.50. The third-order valence-electron chi connectivity index (χ3n) is 3.16. The van der Waals surface area contributed by atoms with E-state index in [0.29, 0.717) is 10.7 Å². The zero-order chi connectivity index (χ0) is 15.4. The topological polar surface area (TPSA) is 38.3 Å². The summed E-state index contributed by atoms with van der Waals surface area (Å²) in [6.07, 6.45) is 0. The van der Waals surface area contributed by atoms with Crippen LogP contribution in [-0.2, 0) is 4.79 Å². The number of hydrogen-bond donors (Lipinski definition) is 1. The monoisotopic (exact) mass is 303 g/mol. The van der Waals surface area contributed by atoms with Gasteiger partial charge in [0.2, 0.25) is 0 Å². The van der Waals surface area contributed by atoms with Crippen LogP contribution in [0.25, 0.3) is 0 Å². The van der Waals surface area contributed by atoms with Gasteiger partial charge in [-0.1, -0.05) is 35.4 Å². The minimum atomic E-state index is -0.208. The average molecular weight is 304 g/mol. The van der Waals surface area contributed by atoms with Gasteiger partial charge in [-0.25, -0.2) is 0 Å². The lowest BCUT2D eigenvalue weighted by Crippen LogP contribution is -2.20. The van der Waals surface area contributed by atoms with Crippen molar-refractivity contribution in [2.24, 2.45) is 0 Å². The molecule has 2 aromatic carbocycles. The molecule has 2 rings (SSSR count). The highest BCUT2D eigenvalue weighted by Crippen LogP contribution is 2.21. The van der Waals surface area contributed by atoms with Crippen molar-refractivity contribution in [1.82, 2.24) is 0 Å². The Labute approximate surface area is 129 Å². The van der Waals surface area contributed by atoms with Crippen molar-refractivity contribution in [3.63, 3.8) is 0 Å². The molecule has 2 aromatic rings. The lowest BCUT2D eigenvalue weighted by Gasteiger charge is -2.11. The number of anilines is 1. The van der Waals surface area contributed by atoms with Crippen LogP contribution < -0.4 is 10.1 Å². The molecule has 0 aliphatic heterocycles. The fourth-order valence-corrected chi connectivity index (χ4v) is 2.19. The van der Waals surface area contributed by atoms with E-state index in [1.54, 1.807) is 12.1 Å². The Hall–Kier alpha value is -2.00. The fourth-order valence-electron chi connectivity index (χ4n) is 2.02. The van der Waals surface area contributed by atoms with Crippen LogP contribution in [0, 0.1) is 20.8 Å². The van der Waals surface area contributed by atoms with E-state index in [0.717, 1.165) is 16.9 Å². The molecule has 0 aromatic heterocycles. The maximum atomic E-state index is 11.9. The van der Waals surface area contributed by atoms with E-state index in [9.17, 15) is 4.79 Å². The molecule has 0 saturated heterocycles. The quantitative estimate of drug-likeness (QED) is 0.915. The molecule has 1 N–H and O–H groups in total. The summed E-state index contributed by atoms with van der Waals surface area (Å²) in [7, 11) is 0. The summed E-state index contributed by atoms with van der Waals surface area (Å²) >= 11 is 5.93. The number of rotatable bonds is 4. The van der Waals surface area contributed by atoms with Gasteiger partial charge >= 0.3 is 0 Å². The number of benzene rings is 2. The van der Waals surface area contributed by atoms with Gasteiger partial charge in [-0.05, 0) is 50.1 Å². The van der Waals surface area contributed by atoms with Gasteiger partial charge in [0.1, 0.15) is 5.75 Å². The Morgan fingerprint density at radius 1 is 1.10 bits per heavy atom. The van der Waals surface area contributed by atoms with Gasteiger partial charge in [0, 0.05) is 10.7 Å². The van der Waals surface area contributed by atoms with E-state index in [1.807, 2.05) is 45.0 Å². The second kappa shape index (κ2) is 6.64. The Bertz CT molecular complexity index is 668. The summed E-state index contributed by atoms with van der Waals surface area (Å²) in [5.74, 6) is 0.513. The van der Waals surface area contributed by atoms with Gasteiger partial charge in [-0.2, -0.15) is 0 Å². The van der Waals surface area contributed by atoms with Gasteiger partial charge in [0.25, 0.3) is 5.91 Å². The summed E-state index contributed by atoms with van der Waals surface area (Å²) < 4.78 is 5.55. The molecule has 0 bridgehead atoms. The highest BCUT2D eigenvalue weighted by atomic mass is 35.5. The molecule has 4 heteroatoms. The Kier molecular flexibility index (Phi) is 4.86. The number of amides is 1. The van der Waals surface area contributed by atoms with Crippen LogP contribution in [0.3, 0.4) is 0 Å². The van der Waals surface area contributed by atoms with Gasteiger partial charge in [0.15, 0.2) is 6.61 Å². The first-order valence-electron chi connectivity index (χ1n) is 6.72. The predicted molar refractivity (Wildman–Crippen MR) is 86.2 cm³/mol. The highest BCUT2D eigenvalue weighted by Gasteiger charge is 2.07. The van der Waals surface area contributed by atoms with Crippen molar-refractivity contribution >= 4 is 23.2 Å². The molecule has 3 nitrogen and oxygen atoms in total. The Morgan fingerprint density at radius 3 is 2.57 bits per heavy atom. The fraction of sp³-hybridized carbons (Fsp3) is 0.235.